The van der Waals surface area contributed by atoms with Crippen LogP contribution in [-0.4, -0.2) is 48.9 Å². The molecule has 0 saturated carbocycles. The molecule has 6 nitrogen and oxygen atoms in total. The molecule has 1 aliphatic carbocycles. The van der Waals surface area contributed by atoms with Gasteiger partial charge in [-0.3, -0.25) is 0 Å². The Kier molecular flexibility index (Phi) is 6.84. The van der Waals surface area contributed by atoms with Crippen LogP contribution in [0.15, 0.2) is 59.5 Å². The minimum Gasteiger partial charge on any atom is -0.353 e. The van der Waals surface area contributed by atoms with Crippen LogP contribution in [0.3, 0.4) is 0 Å². The maximum absolute atomic E-state index is 13.2. The third kappa shape index (κ3) is 5.15. The minimum atomic E-state index is -4.61. The second-order valence-corrected chi connectivity index (χ2v) is 13.0. The molecule has 2 aromatic heterocycles. The van der Waals surface area contributed by atoms with E-state index in [0.717, 1.165) is 65.2 Å². The van der Waals surface area contributed by atoms with E-state index < -0.39 is 21.8 Å². The molecule has 0 atom stereocenters. The fourth-order valence-corrected chi connectivity index (χ4v) is 8.13. The van der Waals surface area contributed by atoms with Gasteiger partial charge in [0.1, 0.15) is 16.5 Å². The van der Waals surface area contributed by atoms with Crippen molar-refractivity contribution < 1.29 is 21.6 Å². The van der Waals surface area contributed by atoms with E-state index in [0.29, 0.717) is 25.6 Å². The molecule has 0 bridgehead atoms. The number of nitrogens with zero attached hydrogens (tertiary/aromatic N) is 4. The Hall–Kier alpha value is -3.02. The summed E-state index contributed by atoms with van der Waals surface area (Å²) in [5, 5.41) is 1.07. The summed E-state index contributed by atoms with van der Waals surface area (Å²) in [6.45, 7) is 1.09. The number of piperazine rings is 1. The predicted octanol–water partition coefficient (Wildman–Crippen LogP) is 5.69. The lowest BCUT2D eigenvalue weighted by Gasteiger charge is -2.35. The highest BCUT2D eigenvalue weighted by molar-refractivity contribution is 7.89. The van der Waals surface area contributed by atoms with Crippen molar-refractivity contribution in [1.29, 1.82) is 0 Å². The summed E-state index contributed by atoms with van der Waals surface area (Å²) in [5.41, 5.74) is 1.45. The average Bonchev–Trinajstić information content (AvgIpc) is 3.31. The summed E-state index contributed by atoms with van der Waals surface area (Å²) >= 11 is 1.73. The third-order valence-corrected chi connectivity index (χ3v) is 10.5. The molecule has 3 heterocycles. The Balaban J connectivity index is 1.30. The zero-order chi connectivity index (χ0) is 27.2. The molecule has 204 valence electrons. The number of halogens is 3. The van der Waals surface area contributed by atoms with Crippen molar-refractivity contribution in [2.45, 2.75) is 43.2 Å². The Morgan fingerprint density at radius 1 is 0.897 bits per heavy atom. The number of anilines is 1. The number of rotatable bonds is 5. The SMILES string of the molecule is O=S(=O)(c1cccc(C(F)(F)F)c1)N1CCN(c2nc(Cc3ccccc3)nc3sc4c(c23)CCCC4)CC1. The van der Waals surface area contributed by atoms with E-state index >= 15 is 0 Å². The number of thiophene rings is 1. The Morgan fingerprint density at radius 2 is 1.64 bits per heavy atom. The second-order valence-electron chi connectivity index (χ2n) is 9.93. The van der Waals surface area contributed by atoms with Crippen LogP contribution >= 0.6 is 11.3 Å². The molecule has 4 aromatic rings. The topological polar surface area (TPSA) is 66.4 Å². The lowest BCUT2D eigenvalue weighted by atomic mass is 9.97. The molecule has 1 aliphatic heterocycles. The van der Waals surface area contributed by atoms with Gasteiger partial charge in [0.15, 0.2) is 0 Å². The highest BCUT2D eigenvalue weighted by Crippen LogP contribution is 2.40. The number of fused-ring (bicyclic) bond motifs is 3. The molecule has 11 heteroatoms. The van der Waals surface area contributed by atoms with Crippen molar-refractivity contribution in [3.05, 3.63) is 82.0 Å². The molecule has 0 spiro atoms. The number of sulfonamides is 1. The van der Waals surface area contributed by atoms with Crippen molar-refractivity contribution in [2.75, 3.05) is 31.1 Å². The van der Waals surface area contributed by atoms with Crippen LogP contribution in [0.1, 0.15) is 40.2 Å². The molecule has 0 radical (unpaired) electrons. The number of alkyl halides is 3. The van der Waals surface area contributed by atoms with E-state index in [1.165, 1.54) is 20.8 Å². The zero-order valence-corrected chi connectivity index (χ0v) is 22.7. The fraction of sp³-hybridized carbons (Fsp3) is 0.357. The molecular weight excluding hydrogens is 545 g/mol. The van der Waals surface area contributed by atoms with Crippen LogP contribution in [0.2, 0.25) is 0 Å². The summed E-state index contributed by atoms with van der Waals surface area (Å²) in [7, 11) is -4.07. The van der Waals surface area contributed by atoms with Crippen molar-refractivity contribution in [3.63, 3.8) is 0 Å². The summed E-state index contributed by atoms with van der Waals surface area (Å²) < 4.78 is 67.4. The van der Waals surface area contributed by atoms with Gasteiger partial charge in [0.2, 0.25) is 10.0 Å². The van der Waals surface area contributed by atoms with Gasteiger partial charge in [-0.15, -0.1) is 11.3 Å². The highest BCUT2D eigenvalue weighted by Gasteiger charge is 2.35. The maximum atomic E-state index is 13.2. The van der Waals surface area contributed by atoms with Gasteiger partial charge in [-0.25, -0.2) is 18.4 Å². The molecule has 0 unspecified atom stereocenters. The number of aromatic nitrogens is 2. The molecule has 1 fully saturated rings. The lowest BCUT2D eigenvalue weighted by Crippen LogP contribution is -2.49. The molecule has 39 heavy (non-hydrogen) atoms. The normalized spacial score (nSPS) is 16.9. The van der Waals surface area contributed by atoms with Crippen molar-refractivity contribution in [3.8, 4) is 0 Å². The first-order valence-corrected chi connectivity index (χ1v) is 15.2. The summed E-state index contributed by atoms with van der Waals surface area (Å²) in [6, 6.07) is 14.0. The third-order valence-electron chi connectivity index (χ3n) is 7.38. The van der Waals surface area contributed by atoms with E-state index in [1.807, 2.05) is 30.3 Å². The quantitative estimate of drug-likeness (QED) is 0.308. The first-order valence-electron chi connectivity index (χ1n) is 13.0. The van der Waals surface area contributed by atoms with Crippen LogP contribution < -0.4 is 4.90 Å². The van der Waals surface area contributed by atoms with Crippen molar-refractivity contribution in [1.82, 2.24) is 14.3 Å². The Bertz CT molecular complexity index is 1610. The van der Waals surface area contributed by atoms with Crippen LogP contribution in [0.5, 0.6) is 0 Å². The van der Waals surface area contributed by atoms with Gasteiger partial charge in [-0.1, -0.05) is 36.4 Å². The van der Waals surface area contributed by atoms with Crippen LogP contribution in [0, 0.1) is 0 Å². The molecule has 0 amide bonds. The summed E-state index contributed by atoms with van der Waals surface area (Å²) in [4.78, 5) is 14.0. The van der Waals surface area contributed by atoms with Crippen LogP contribution in [0.4, 0.5) is 19.0 Å². The van der Waals surface area contributed by atoms with Gasteiger partial charge in [0.05, 0.1) is 15.8 Å². The average molecular weight is 573 g/mol. The molecular formula is C28H27F3N4O2S2. The standard InChI is InChI=1S/C28H27F3N4O2S2/c29-28(30,31)20-9-6-10-21(18-20)39(36,37)35-15-13-34(14-16-35)26-25-22-11-4-5-12-23(22)38-27(25)33-24(32-26)17-19-7-2-1-3-8-19/h1-3,6-10,18H,4-5,11-17H2. The van der Waals surface area contributed by atoms with E-state index in [2.05, 4.69) is 4.90 Å². The van der Waals surface area contributed by atoms with Gasteiger partial charge in [-0.2, -0.15) is 17.5 Å². The first-order chi connectivity index (χ1) is 18.7. The highest BCUT2D eigenvalue weighted by atomic mass is 32.2. The summed E-state index contributed by atoms with van der Waals surface area (Å²) in [6.07, 6.45) is 0.273. The maximum Gasteiger partial charge on any atom is 0.416 e. The monoisotopic (exact) mass is 572 g/mol. The second kappa shape index (κ2) is 10.2. The number of aryl methyl sites for hydroxylation is 2. The van der Waals surface area contributed by atoms with E-state index in [-0.39, 0.29) is 18.0 Å². The summed E-state index contributed by atoms with van der Waals surface area (Å²) in [5.74, 6) is 1.56. The Labute approximate surface area is 229 Å². The fourth-order valence-electron chi connectivity index (χ4n) is 5.39. The van der Waals surface area contributed by atoms with Crippen molar-refractivity contribution >= 4 is 37.4 Å². The van der Waals surface area contributed by atoms with E-state index in [1.54, 1.807) is 11.3 Å². The molecule has 6 rings (SSSR count). The number of hydrogen-bond donors (Lipinski definition) is 0. The molecule has 2 aromatic carbocycles. The smallest absolute Gasteiger partial charge is 0.353 e. The first kappa shape index (κ1) is 26.2. The van der Waals surface area contributed by atoms with Gasteiger partial charge >= 0.3 is 6.18 Å². The number of hydrogen-bond acceptors (Lipinski definition) is 6. The zero-order valence-electron chi connectivity index (χ0n) is 21.1. The Morgan fingerprint density at radius 3 is 2.38 bits per heavy atom. The van der Waals surface area contributed by atoms with E-state index in [4.69, 9.17) is 9.97 Å². The van der Waals surface area contributed by atoms with Gasteiger partial charge < -0.3 is 4.90 Å². The van der Waals surface area contributed by atoms with Crippen LogP contribution in [-0.2, 0) is 35.5 Å². The van der Waals surface area contributed by atoms with Crippen molar-refractivity contribution in [2.24, 2.45) is 0 Å². The molecule has 2 aliphatic rings. The number of benzene rings is 2. The van der Waals surface area contributed by atoms with E-state index in [9.17, 15) is 21.6 Å². The van der Waals surface area contributed by atoms with Crippen LogP contribution in [0.25, 0.3) is 10.2 Å². The van der Waals surface area contributed by atoms with Gasteiger partial charge in [0.25, 0.3) is 0 Å². The molecule has 0 N–H and O–H groups in total. The van der Waals surface area contributed by atoms with Gasteiger partial charge in [-0.05, 0) is 55.0 Å². The minimum absolute atomic E-state index is 0.157. The predicted molar refractivity (Wildman–Crippen MR) is 146 cm³/mol. The lowest BCUT2D eigenvalue weighted by molar-refractivity contribution is -0.137. The van der Waals surface area contributed by atoms with Gasteiger partial charge in [0, 0.05) is 37.5 Å². The molecule has 1 saturated heterocycles. The largest absolute Gasteiger partial charge is 0.416 e.